The van der Waals surface area contributed by atoms with Crippen molar-refractivity contribution in [1.29, 1.82) is 0 Å². The van der Waals surface area contributed by atoms with E-state index >= 15 is 0 Å². The second-order valence-electron chi connectivity index (χ2n) is 9.10. The molecule has 164 valence electrons. The molecule has 0 spiro atoms. The summed E-state index contributed by atoms with van der Waals surface area (Å²) in [6.45, 7) is 5.96. The highest BCUT2D eigenvalue weighted by atomic mass is 16.2. The first kappa shape index (κ1) is 21.3. The van der Waals surface area contributed by atoms with Crippen LogP contribution in [-0.2, 0) is 4.79 Å². The van der Waals surface area contributed by atoms with Crippen LogP contribution >= 0.6 is 0 Å². The predicted molar refractivity (Wildman–Crippen MR) is 119 cm³/mol. The molecule has 0 unspecified atom stereocenters. The van der Waals surface area contributed by atoms with Crippen LogP contribution in [0.2, 0.25) is 0 Å². The molecule has 1 aromatic carbocycles. The Morgan fingerprint density at radius 3 is 2.48 bits per heavy atom. The largest absolute Gasteiger partial charge is 0.338 e. The number of carbonyl (C=O) groups excluding carboxylic acids is 2. The molecule has 1 aromatic heterocycles. The topological polar surface area (TPSA) is 76.7 Å². The van der Waals surface area contributed by atoms with Crippen molar-refractivity contribution in [1.82, 2.24) is 19.7 Å². The molecular formula is C24H30N4O3. The van der Waals surface area contributed by atoms with Crippen LogP contribution in [0, 0.1) is 25.7 Å². The van der Waals surface area contributed by atoms with E-state index in [0.29, 0.717) is 26.2 Å². The lowest BCUT2D eigenvalue weighted by molar-refractivity contribution is -0.133. The molecule has 2 aliphatic rings. The Labute approximate surface area is 182 Å². The summed E-state index contributed by atoms with van der Waals surface area (Å²) in [6, 6.07) is 11.5. The van der Waals surface area contributed by atoms with Gasteiger partial charge in [0.25, 0.3) is 11.5 Å². The highest BCUT2D eigenvalue weighted by molar-refractivity contribution is 5.94. The number of aromatic nitrogens is 1. The Bertz CT molecular complexity index is 1060. The van der Waals surface area contributed by atoms with Gasteiger partial charge in [0, 0.05) is 37.2 Å². The van der Waals surface area contributed by atoms with Gasteiger partial charge in [0.15, 0.2) is 0 Å². The van der Waals surface area contributed by atoms with Crippen molar-refractivity contribution >= 4 is 11.8 Å². The summed E-state index contributed by atoms with van der Waals surface area (Å²) in [5.41, 5.74) is 2.86. The summed E-state index contributed by atoms with van der Waals surface area (Å²) in [5.74, 6) is 0.232. The van der Waals surface area contributed by atoms with E-state index in [2.05, 4.69) is 24.0 Å². The summed E-state index contributed by atoms with van der Waals surface area (Å²) in [6.07, 6.45) is 0. The number of carbonyl (C=O) groups is 2. The number of nitrogens with zero attached hydrogens (tertiary/aromatic N) is 3. The number of likely N-dealkylation sites (tertiary alicyclic amines) is 2. The number of hydrogen-bond acceptors (Lipinski definition) is 4. The standard InChI is InChI=1S/C24H30N4O3/c1-15-7-5-6-8-18(15)22-20-13-27(24(31)19-10-9-16(2)25-23(19)30)11-17(20)12-28(22)21(29)14-26(3)4/h5-10,17,20,22H,11-14H2,1-4H3,(H,25,30)/t17-,20-,22+/m1/s1. The summed E-state index contributed by atoms with van der Waals surface area (Å²) in [4.78, 5) is 46.8. The fourth-order valence-electron chi connectivity index (χ4n) is 5.06. The summed E-state index contributed by atoms with van der Waals surface area (Å²) >= 11 is 0. The quantitative estimate of drug-likeness (QED) is 0.816. The van der Waals surface area contributed by atoms with Crippen LogP contribution in [0.25, 0.3) is 0 Å². The van der Waals surface area contributed by atoms with Gasteiger partial charge >= 0.3 is 0 Å². The van der Waals surface area contributed by atoms with Crippen molar-refractivity contribution in [2.24, 2.45) is 11.8 Å². The minimum Gasteiger partial charge on any atom is -0.338 e. The molecule has 0 radical (unpaired) electrons. The van der Waals surface area contributed by atoms with Gasteiger partial charge in [-0.15, -0.1) is 0 Å². The summed E-state index contributed by atoms with van der Waals surface area (Å²) in [5, 5.41) is 0. The molecule has 3 heterocycles. The van der Waals surface area contributed by atoms with Gasteiger partial charge < -0.3 is 19.7 Å². The fraction of sp³-hybridized carbons (Fsp3) is 0.458. The SMILES string of the molecule is Cc1ccc(C(=O)N2C[C@@H]3CN(C(=O)CN(C)C)[C@@H](c4ccccc4C)[C@@H]3C2)c(=O)[nH]1. The maximum absolute atomic E-state index is 13.1. The average Bonchev–Trinajstić information content (AvgIpc) is 3.26. The van der Waals surface area contributed by atoms with E-state index in [0.717, 1.165) is 16.8 Å². The molecule has 0 bridgehead atoms. The number of pyridine rings is 1. The van der Waals surface area contributed by atoms with Crippen LogP contribution in [0.1, 0.15) is 33.2 Å². The molecule has 7 heteroatoms. The predicted octanol–water partition coefficient (Wildman–Crippen LogP) is 1.83. The maximum atomic E-state index is 13.1. The van der Waals surface area contributed by atoms with Crippen molar-refractivity contribution in [3.05, 3.63) is 69.1 Å². The van der Waals surface area contributed by atoms with Gasteiger partial charge in [0.05, 0.1) is 12.6 Å². The van der Waals surface area contributed by atoms with E-state index < -0.39 is 0 Å². The van der Waals surface area contributed by atoms with E-state index in [9.17, 15) is 14.4 Å². The van der Waals surface area contributed by atoms with Crippen molar-refractivity contribution in [2.45, 2.75) is 19.9 Å². The zero-order chi connectivity index (χ0) is 22.3. The first-order valence-corrected chi connectivity index (χ1v) is 10.7. The monoisotopic (exact) mass is 422 g/mol. The van der Waals surface area contributed by atoms with Crippen LogP contribution in [-0.4, -0.2) is 71.8 Å². The zero-order valence-corrected chi connectivity index (χ0v) is 18.6. The van der Waals surface area contributed by atoms with Crippen LogP contribution < -0.4 is 5.56 Å². The third-order valence-electron chi connectivity index (χ3n) is 6.52. The number of amides is 2. The minimum atomic E-state index is -0.347. The van der Waals surface area contributed by atoms with Gasteiger partial charge in [-0.05, 0) is 51.2 Å². The first-order chi connectivity index (χ1) is 14.8. The number of benzene rings is 1. The molecular weight excluding hydrogens is 392 g/mol. The molecule has 1 N–H and O–H groups in total. The molecule has 2 aliphatic heterocycles. The fourth-order valence-corrected chi connectivity index (χ4v) is 5.06. The molecule has 2 amide bonds. The van der Waals surface area contributed by atoms with Gasteiger partial charge in [0.2, 0.25) is 5.91 Å². The van der Waals surface area contributed by atoms with Gasteiger partial charge in [0.1, 0.15) is 5.56 Å². The van der Waals surface area contributed by atoms with E-state index in [1.807, 2.05) is 36.0 Å². The number of nitrogens with one attached hydrogen (secondary N) is 1. The first-order valence-electron chi connectivity index (χ1n) is 10.7. The lowest BCUT2D eigenvalue weighted by Crippen LogP contribution is -2.41. The molecule has 3 atom stereocenters. The number of aromatic amines is 1. The van der Waals surface area contributed by atoms with E-state index in [1.165, 1.54) is 0 Å². The summed E-state index contributed by atoms with van der Waals surface area (Å²) in [7, 11) is 3.80. The van der Waals surface area contributed by atoms with E-state index in [4.69, 9.17) is 0 Å². The third kappa shape index (κ3) is 4.02. The number of hydrogen-bond donors (Lipinski definition) is 1. The second kappa shape index (κ2) is 8.30. The Hall–Kier alpha value is -2.93. The van der Waals surface area contributed by atoms with Gasteiger partial charge in [-0.1, -0.05) is 24.3 Å². The molecule has 31 heavy (non-hydrogen) atoms. The van der Waals surface area contributed by atoms with Gasteiger partial charge in [-0.2, -0.15) is 0 Å². The van der Waals surface area contributed by atoms with E-state index in [-0.39, 0.29) is 40.8 Å². The Balaban J connectivity index is 1.62. The minimum absolute atomic E-state index is 0.0623. The van der Waals surface area contributed by atoms with Gasteiger partial charge in [-0.25, -0.2) is 0 Å². The number of likely N-dealkylation sites (N-methyl/N-ethyl adjacent to an activating group) is 1. The van der Waals surface area contributed by atoms with Crippen molar-refractivity contribution in [3.63, 3.8) is 0 Å². The molecule has 4 rings (SSSR count). The lowest BCUT2D eigenvalue weighted by Gasteiger charge is -2.31. The maximum Gasteiger partial charge on any atom is 0.260 e. The molecule has 2 aromatic rings. The smallest absolute Gasteiger partial charge is 0.260 e. The van der Waals surface area contributed by atoms with Crippen molar-refractivity contribution < 1.29 is 9.59 Å². The number of rotatable bonds is 4. The highest BCUT2D eigenvalue weighted by Gasteiger charge is 2.50. The second-order valence-corrected chi connectivity index (χ2v) is 9.10. The molecule has 0 aliphatic carbocycles. The van der Waals surface area contributed by atoms with Crippen molar-refractivity contribution in [2.75, 3.05) is 40.3 Å². The number of aryl methyl sites for hydroxylation is 2. The van der Waals surface area contributed by atoms with Crippen LogP contribution in [0.15, 0.2) is 41.2 Å². The number of H-pyrrole nitrogens is 1. The molecule has 2 fully saturated rings. The molecule has 2 saturated heterocycles. The molecule has 7 nitrogen and oxygen atoms in total. The van der Waals surface area contributed by atoms with Gasteiger partial charge in [-0.3, -0.25) is 14.4 Å². The van der Waals surface area contributed by atoms with Crippen molar-refractivity contribution in [3.8, 4) is 0 Å². The van der Waals surface area contributed by atoms with Crippen LogP contribution in [0.5, 0.6) is 0 Å². The van der Waals surface area contributed by atoms with E-state index in [1.54, 1.807) is 24.0 Å². The Kier molecular flexibility index (Phi) is 5.71. The average molecular weight is 423 g/mol. The highest BCUT2D eigenvalue weighted by Crippen LogP contribution is 2.46. The zero-order valence-electron chi connectivity index (χ0n) is 18.6. The Morgan fingerprint density at radius 2 is 1.81 bits per heavy atom. The van der Waals surface area contributed by atoms with Crippen LogP contribution in [0.3, 0.4) is 0 Å². The lowest BCUT2D eigenvalue weighted by atomic mass is 9.87. The summed E-state index contributed by atoms with van der Waals surface area (Å²) < 4.78 is 0. The van der Waals surface area contributed by atoms with Crippen LogP contribution in [0.4, 0.5) is 0 Å². The Morgan fingerprint density at radius 1 is 1.06 bits per heavy atom. The molecule has 0 saturated carbocycles. The third-order valence-corrected chi connectivity index (χ3v) is 6.52. The number of fused-ring (bicyclic) bond motifs is 1. The normalized spacial score (nSPS) is 22.8.